The molecule has 1 aliphatic carbocycles. The number of aliphatic hydroxyl groups is 10. The Hall–Kier alpha value is -2.30. The summed E-state index contributed by atoms with van der Waals surface area (Å²) in [5, 5.41) is 110. The number of phosphoric acid groups is 1. The van der Waals surface area contributed by atoms with Crippen molar-refractivity contribution in [3.05, 3.63) is 12.2 Å². The van der Waals surface area contributed by atoms with E-state index >= 15 is 0 Å². The van der Waals surface area contributed by atoms with Crippen molar-refractivity contribution in [2.24, 2.45) is 0 Å². The fourth-order valence-electron chi connectivity index (χ4n) is 12.0. The first-order valence-corrected chi connectivity index (χ1v) is 38.0. The second-order valence-electron chi connectivity index (χ2n) is 26.3. The Morgan fingerprint density at radius 2 is 0.745 bits per heavy atom. The number of carbonyl (C=O) groups excluding carboxylic acids is 3. The SMILES string of the molecule is CCCCCC/C=C\CCCCCCCCCC(=O)OC(COC(=O)CCCCCCCCCCCCC)COP(=O)(O)OC1C(OC2OC(CO)C(O)C(O)C2O)C(O)C(O)C(O)C1OC1OC(COC(=O)CCCCCCCCCCCCCCC)C(O)C(O)C1O. The van der Waals surface area contributed by atoms with Crippen LogP contribution in [0.25, 0.3) is 0 Å². The van der Waals surface area contributed by atoms with Crippen LogP contribution >= 0.6 is 7.82 Å². The third-order valence-corrected chi connectivity index (χ3v) is 19.0. The van der Waals surface area contributed by atoms with E-state index in [9.17, 15) is 74.9 Å². The normalized spacial score (nSPS) is 28.3. The lowest BCUT2D eigenvalue weighted by Gasteiger charge is -2.49. The molecule has 25 heteroatoms. The summed E-state index contributed by atoms with van der Waals surface area (Å²) >= 11 is 0. The van der Waals surface area contributed by atoms with Gasteiger partial charge in [-0.1, -0.05) is 226 Å². The van der Waals surface area contributed by atoms with Crippen molar-refractivity contribution in [3.8, 4) is 0 Å². The van der Waals surface area contributed by atoms with Gasteiger partial charge in [-0.2, -0.15) is 0 Å². The van der Waals surface area contributed by atoms with Gasteiger partial charge in [-0.3, -0.25) is 23.4 Å². The number of unbranched alkanes of at least 4 members (excludes halogenated alkanes) is 33. The fourth-order valence-corrected chi connectivity index (χ4v) is 13.0. The number of esters is 3. The molecule has 18 atom stereocenters. The first-order valence-electron chi connectivity index (χ1n) is 36.5. The van der Waals surface area contributed by atoms with E-state index in [0.717, 1.165) is 116 Å². The minimum Gasteiger partial charge on any atom is -0.463 e. The van der Waals surface area contributed by atoms with Crippen LogP contribution in [-0.2, 0) is 61.2 Å². The summed E-state index contributed by atoms with van der Waals surface area (Å²) in [7, 11) is -5.69. The molecule has 3 aliphatic rings. The van der Waals surface area contributed by atoms with E-state index in [4.69, 9.17) is 42.2 Å². The lowest BCUT2D eigenvalue weighted by Crippen LogP contribution is -2.69. The van der Waals surface area contributed by atoms with Crippen molar-refractivity contribution in [2.45, 2.75) is 382 Å². The molecule has 0 aromatic carbocycles. The Labute approximate surface area is 561 Å². The molecule has 3 rings (SSSR count). The number of carbonyl (C=O) groups is 3. The summed E-state index contributed by atoms with van der Waals surface area (Å²) in [6, 6.07) is 0. The van der Waals surface area contributed by atoms with Crippen LogP contribution in [0.15, 0.2) is 12.2 Å². The highest BCUT2D eigenvalue weighted by Gasteiger charge is 2.58. The van der Waals surface area contributed by atoms with Crippen molar-refractivity contribution in [2.75, 3.05) is 26.4 Å². The van der Waals surface area contributed by atoms with Gasteiger partial charge in [0.05, 0.1) is 13.2 Å². The van der Waals surface area contributed by atoms with Gasteiger partial charge in [-0.15, -0.1) is 0 Å². The molecular formula is C69H127O24P. The summed E-state index contributed by atoms with van der Waals surface area (Å²) in [6.45, 7) is 3.41. The van der Waals surface area contributed by atoms with Crippen molar-refractivity contribution in [1.82, 2.24) is 0 Å². The van der Waals surface area contributed by atoms with Crippen LogP contribution in [0.1, 0.15) is 278 Å². The number of hydrogen-bond acceptors (Lipinski definition) is 23. The largest absolute Gasteiger partial charge is 0.472 e. The Morgan fingerprint density at radius 3 is 1.16 bits per heavy atom. The average molecular weight is 1370 g/mol. The number of allylic oxidation sites excluding steroid dienone is 2. The molecule has 0 radical (unpaired) electrons. The number of hydrogen-bond donors (Lipinski definition) is 11. The maximum Gasteiger partial charge on any atom is 0.472 e. The lowest BCUT2D eigenvalue weighted by molar-refractivity contribution is -0.360. The molecule has 0 bridgehead atoms. The molecule has 2 heterocycles. The topological polar surface area (TPSA) is 374 Å². The maximum absolute atomic E-state index is 14.3. The fraction of sp³-hybridized carbons (Fsp3) is 0.928. The van der Waals surface area contributed by atoms with E-state index < -0.39 is 156 Å². The summed E-state index contributed by atoms with van der Waals surface area (Å²) in [4.78, 5) is 50.9. The van der Waals surface area contributed by atoms with Crippen LogP contribution in [0.3, 0.4) is 0 Å². The smallest absolute Gasteiger partial charge is 0.463 e. The van der Waals surface area contributed by atoms with Gasteiger partial charge in [0, 0.05) is 19.3 Å². The van der Waals surface area contributed by atoms with Gasteiger partial charge < -0.3 is 89.1 Å². The Kier molecular flexibility index (Phi) is 47.3. The first kappa shape index (κ1) is 85.9. The van der Waals surface area contributed by atoms with E-state index in [2.05, 4.69) is 32.9 Å². The lowest BCUT2D eigenvalue weighted by atomic mass is 9.84. The Morgan fingerprint density at radius 1 is 0.404 bits per heavy atom. The highest BCUT2D eigenvalue weighted by molar-refractivity contribution is 7.47. The molecule has 2 saturated heterocycles. The second kappa shape index (κ2) is 51.8. The zero-order chi connectivity index (χ0) is 68.9. The zero-order valence-corrected chi connectivity index (χ0v) is 58.2. The number of aliphatic hydroxyl groups excluding tert-OH is 10. The van der Waals surface area contributed by atoms with Crippen LogP contribution < -0.4 is 0 Å². The molecule has 0 amide bonds. The van der Waals surface area contributed by atoms with E-state index in [1.807, 2.05) is 0 Å². The summed E-state index contributed by atoms with van der Waals surface area (Å²) in [5.41, 5.74) is 0. The molecule has 24 nitrogen and oxygen atoms in total. The van der Waals surface area contributed by atoms with Gasteiger partial charge in [0.15, 0.2) is 18.7 Å². The molecule has 0 aromatic heterocycles. The average Bonchev–Trinajstić information content (AvgIpc) is 0.765. The third kappa shape index (κ3) is 35.1. The highest BCUT2D eigenvalue weighted by Crippen LogP contribution is 2.49. The highest BCUT2D eigenvalue weighted by atomic mass is 31.2. The summed E-state index contributed by atoms with van der Waals surface area (Å²) in [6.07, 6.45) is 8.69. The van der Waals surface area contributed by atoms with Crippen molar-refractivity contribution in [1.29, 1.82) is 0 Å². The van der Waals surface area contributed by atoms with Gasteiger partial charge in [-0.05, 0) is 44.9 Å². The number of phosphoric ester groups is 1. The maximum atomic E-state index is 14.3. The van der Waals surface area contributed by atoms with Crippen LogP contribution in [0.2, 0.25) is 0 Å². The number of ether oxygens (including phenoxy) is 7. The minimum atomic E-state index is -5.69. The molecule has 2 aliphatic heterocycles. The second-order valence-corrected chi connectivity index (χ2v) is 27.7. The van der Waals surface area contributed by atoms with E-state index in [0.29, 0.717) is 19.3 Å². The predicted octanol–water partition coefficient (Wildman–Crippen LogP) is 9.18. The monoisotopic (exact) mass is 1370 g/mol. The first-order chi connectivity index (χ1) is 45.3. The van der Waals surface area contributed by atoms with Crippen molar-refractivity contribution >= 4 is 25.7 Å². The molecule has 3 fully saturated rings. The summed E-state index contributed by atoms with van der Waals surface area (Å²) in [5.74, 6) is -1.99. The van der Waals surface area contributed by atoms with Gasteiger partial charge in [0.2, 0.25) is 0 Å². The van der Waals surface area contributed by atoms with Gasteiger partial charge in [0.1, 0.15) is 98.7 Å². The molecule has 0 spiro atoms. The molecule has 18 unspecified atom stereocenters. The van der Waals surface area contributed by atoms with Crippen LogP contribution in [0.4, 0.5) is 0 Å². The van der Waals surface area contributed by atoms with Crippen LogP contribution in [-0.4, -0.2) is 204 Å². The standard InChI is InChI=1S/C69H127O24P/c1-4-7-10-13-16-19-22-24-25-27-30-33-36-39-42-45-55(73)88-50(47-85-53(71)43-40-37-34-31-28-21-18-15-12-9-6-3)48-87-94(83,84)93-67-65(91-68-63(81)58(76)56(74)51(46-70)89-68)61(79)60(78)62(80)66(67)92-69-64(82)59(77)57(75)52(90-69)49-86-54(72)44-41-38-35-32-29-26-23-20-17-14-11-8-5-2/h19,22,50-52,56-70,74-82H,4-18,20-21,23-49H2,1-3H3,(H,83,84)/b22-19-. The van der Waals surface area contributed by atoms with Gasteiger partial charge in [0.25, 0.3) is 0 Å². The quantitative estimate of drug-likeness (QED) is 0.00888. The Balaban J connectivity index is 1.75. The molecular weight excluding hydrogens is 1240 g/mol. The molecule has 0 aromatic rings. The number of rotatable bonds is 56. The van der Waals surface area contributed by atoms with Crippen molar-refractivity contribution in [3.63, 3.8) is 0 Å². The van der Waals surface area contributed by atoms with Crippen molar-refractivity contribution < 1.29 is 117 Å². The van der Waals surface area contributed by atoms with Crippen LogP contribution in [0, 0.1) is 0 Å². The molecule has 552 valence electrons. The molecule has 94 heavy (non-hydrogen) atoms. The molecule has 1 saturated carbocycles. The van der Waals surface area contributed by atoms with Gasteiger partial charge >= 0.3 is 25.7 Å². The molecule has 11 N–H and O–H groups in total. The summed E-state index contributed by atoms with van der Waals surface area (Å²) < 4.78 is 64.9. The minimum absolute atomic E-state index is 0.0321. The van der Waals surface area contributed by atoms with E-state index in [1.54, 1.807) is 0 Å². The van der Waals surface area contributed by atoms with Gasteiger partial charge in [-0.25, -0.2) is 4.57 Å². The Bertz CT molecular complexity index is 2010. The third-order valence-electron chi connectivity index (χ3n) is 18.0. The van der Waals surface area contributed by atoms with E-state index in [-0.39, 0.29) is 19.3 Å². The zero-order valence-electron chi connectivity index (χ0n) is 57.3. The van der Waals surface area contributed by atoms with Crippen LogP contribution in [0.5, 0.6) is 0 Å². The van der Waals surface area contributed by atoms with E-state index in [1.165, 1.54) is 103 Å². The predicted molar refractivity (Wildman–Crippen MR) is 352 cm³/mol.